The van der Waals surface area contributed by atoms with Crippen LogP contribution in [0.5, 0.6) is 0 Å². The summed E-state index contributed by atoms with van der Waals surface area (Å²) >= 11 is 3.15. The van der Waals surface area contributed by atoms with Crippen molar-refractivity contribution in [2.75, 3.05) is 26.4 Å². The van der Waals surface area contributed by atoms with E-state index in [1.54, 1.807) is 33.7 Å². The first-order chi connectivity index (χ1) is 14.5. The van der Waals surface area contributed by atoms with Gasteiger partial charge in [0.2, 0.25) is 15.9 Å². The number of nitrogens with zero attached hydrogens (tertiary/aromatic N) is 4. The van der Waals surface area contributed by atoms with Gasteiger partial charge in [-0.25, -0.2) is 17.7 Å². The van der Waals surface area contributed by atoms with Gasteiger partial charge < -0.3 is 4.90 Å². The summed E-state index contributed by atoms with van der Waals surface area (Å²) < 4.78 is 26.1. The second kappa shape index (κ2) is 8.09. The van der Waals surface area contributed by atoms with Crippen LogP contribution in [-0.2, 0) is 19.6 Å². The molecule has 0 radical (unpaired) electrons. The molecule has 0 saturated carbocycles. The number of hydrogen-bond donors (Lipinski definition) is 0. The van der Waals surface area contributed by atoms with E-state index in [0.29, 0.717) is 29.6 Å². The van der Waals surface area contributed by atoms with Crippen molar-refractivity contribution in [1.29, 1.82) is 0 Å². The van der Waals surface area contributed by atoms with Gasteiger partial charge in [-0.1, -0.05) is 24.8 Å². The molecule has 1 aromatic carbocycles. The van der Waals surface area contributed by atoms with Gasteiger partial charge in [-0.15, -0.1) is 11.8 Å². The maximum atomic E-state index is 13.5. The summed E-state index contributed by atoms with van der Waals surface area (Å²) in [7, 11) is -0.616. The number of carbonyl (C=O) groups is 2. The van der Waals surface area contributed by atoms with Gasteiger partial charge in [0.25, 0.3) is 5.91 Å². The Morgan fingerprint density at radius 1 is 1.32 bits per heavy atom. The Morgan fingerprint density at radius 3 is 2.77 bits per heavy atom. The molecule has 0 aliphatic carbocycles. The summed E-state index contributed by atoms with van der Waals surface area (Å²) in [5.41, 5.74) is 0.472. The van der Waals surface area contributed by atoms with Crippen LogP contribution >= 0.6 is 23.5 Å². The van der Waals surface area contributed by atoms with Crippen LogP contribution in [0.2, 0.25) is 0 Å². The Morgan fingerprint density at radius 2 is 2.06 bits per heavy atom. The van der Waals surface area contributed by atoms with Gasteiger partial charge in [0, 0.05) is 38.1 Å². The maximum Gasteiger partial charge on any atom is 0.252 e. The molecule has 3 heterocycles. The first kappa shape index (κ1) is 22.6. The van der Waals surface area contributed by atoms with Crippen LogP contribution in [0.25, 0.3) is 0 Å². The Bertz CT molecular complexity index is 1060. The lowest BCUT2D eigenvalue weighted by molar-refractivity contribution is -0.141. The average molecular weight is 483 g/mol. The molecule has 3 atom stereocenters. The van der Waals surface area contributed by atoms with E-state index in [1.807, 2.05) is 13.8 Å². The van der Waals surface area contributed by atoms with Crippen molar-refractivity contribution in [2.45, 2.75) is 47.7 Å². The van der Waals surface area contributed by atoms with Gasteiger partial charge in [0.15, 0.2) is 5.17 Å². The van der Waals surface area contributed by atoms with E-state index in [9.17, 15) is 18.0 Å². The zero-order valence-corrected chi connectivity index (χ0v) is 20.4. The number of carbonyl (C=O) groups excluding carboxylic acids is 2. The molecule has 3 saturated heterocycles. The molecule has 0 unspecified atom stereocenters. The van der Waals surface area contributed by atoms with Crippen molar-refractivity contribution in [1.82, 2.24) is 14.1 Å². The lowest BCUT2D eigenvalue weighted by Crippen LogP contribution is -2.51. The number of amidine groups is 1. The number of benzene rings is 1. The fourth-order valence-corrected chi connectivity index (χ4v) is 7.50. The summed E-state index contributed by atoms with van der Waals surface area (Å²) in [6, 6.07) is 5.93. The summed E-state index contributed by atoms with van der Waals surface area (Å²) in [6.45, 7) is 4.57. The first-order valence-electron chi connectivity index (χ1n) is 10.1. The van der Waals surface area contributed by atoms with Gasteiger partial charge in [0.1, 0.15) is 6.04 Å². The lowest BCUT2D eigenvalue weighted by atomic mass is 10.2. The standard InChI is InChI=1S/C20H26N4O4S3/c1-13-11-23(18(26)16-12-29-20(2)9-8-17(25)24(16)20)19(30-13)21-14-6-5-7-15(10-14)31(27,28)22(3)4/h5-7,10,13,16H,8-9,11-12H2,1-4H3/t13-,16+,20-/m1/s1. The van der Waals surface area contributed by atoms with E-state index < -0.39 is 16.1 Å². The fourth-order valence-electron chi connectivity index (χ4n) is 4.11. The Kier molecular flexibility index (Phi) is 5.91. The van der Waals surface area contributed by atoms with E-state index in [1.165, 1.54) is 38.0 Å². The minimum absolute atomic E-state index is 0.0332. The van der Waals surface area contributed by atoms with E-state index in [2.05, 4.69) is 4.99 Å². The topological polar surface area (TPSA) is 90.4 Å². The minimum atomic E-state index is -3.58. The molecule has 3 fully saturated rings. The summed E-state index contributed by atoms with van der Waals surface area (Å²) in [5, 5.41) is 0.702. The van der Waals surface area contributed by atoms with E-state index >= 15 is 0 Å². The summed E-state index contributed by atoms with van der Waals surface area (Å²) in [6.07, 6.45) is 1.24. The molecule has 168 valence electrons. The van der Waals surface area contributed by atoms with E-state index in [0.717, 1.165) is 10.7 Å². The molecule has 2 amide bonds. The Hall–Kier alpha value is -1.56. The highest BCUT2D eigenvalue weighted by molar-refractivity contribution is 8.14. The smallest absolute Gasteiger partial charge is 0.252 e. The third-order valence-corrected chi connectivity index (χ3v) is 10.2. The van der Waals surface area contributed by atoms with Crippen LogP contribution in [-0.4, -0.2) is 82.1 Å². The summed E-state index contributed by atoms with van der Waals surface area (Å²) in [4.78, 5) is 33.8. The molecule has 11 heteroatoms. The predicted octanol–water partition coefficient (Wildman–Crippen LogP) is 2.34. The van der Waals surface area contributed by atoms with Crippen LogP contribution in [0.4, 0.5) is 5.69 Å². The lowest BCUT2D eigenvalue weighted by Gasteiger charge is -2.31. The number of fused-ring (bicyclic) bond motifs is 1. The molecule has 1 aromatic rings. The van der Waals surface area contributed by atoms with Crippen molar-refractivity contribution < 1.29 is 18.0 Å². The second-order valence-electron chi connectivity index (χ2n) is 8.32. The van der Waals surface area contributed by atoms with Gasteiger partial charge in [-0.2, -0.15) is 0 Å². The summed E-state index contributed by atoms with van der Waals surface area (Å²) in [5.74, 6) is 0.505. The molecule has 3 aliphatic heterocycles. The molecule has 0 bridgehead atoms. The van der Waals surface area contributed by atoms with Crippen molar-refractivity contribution >= 4 is 56.2 Å². The first-order valence-corrected chi connectivity index (χ1v) is 13.4. The number of sulfonamides is 1. The van der Waals surface area contributed by atoms with Crippen molar-refractivity contribution in [2.24, 2.45) is 4.99 Å². The molecular weight excluding hydrogens is 456 g/mol. The molecular formula is C20H26N4O4S3. The third-order valence-electron chi connectivity index (χ3n) is 5.79. The molecule has 3 aliphatic rings. The third kappa shape index (κ3) is 4.01. The van der Waals surface area contributed by atoms with Crippen molar-refractivity contribution in [3.63, 3.8) is 0 Å². The Balaban J connectivity index is 1.63. The number of amides is 2. The van der Waals surface area contributed by atoms with Crippen LogP contribution in [0.3, 0.4) is 0 Å². The van der Waals surface area contributed by atoms with Crippen LogP contribution in [0.15, 0.2) is 34.2 Å². The average Bonchev–Trinajstić information content (AvgIpc) is 3.34. The number of rotatable bonds is 4. The molecule has 31 heavy (non-hydrogen) atoms. The van der Waals surface area contributed by atoms with Gasteiger partial charge in [0.05, 0.1) is 15.5 Å². The molecule has 0 spiro atoms. The molecule has 0 N–H and O–H groups in total. The zero-order valence-electron chi connectivity index (χ0n) is 17.9. The zero-order chi connectivity index (χ0) is 22.6. The van der Waals surface area contributed by atoms with Gasteiger partial charge in [-0.05, 0) is 31.5 Å². The molecule has 0 aromatic heterocycles. The Labute approximate surface area is 191 Å². The van der Waals surface area contributed by atoms with Crippen LogP contribution in [0, 0.1) is 0 Å². The highest BCUT2D eigenvalue weighted by atomic mass is 32.2. The minimum Gasteiger partial charge on any atom is -0.315 e. The largest absolute Gasteiger partial charge is 0.315 e. The SMILES string of the molecule is C[C@@H]1CN(C(=O)[C@@H]2CS[C@]3(C)CCC(=O)N23)C(=Nc2cccc(S(=O)(=O)N(C)C)c2)S1. The van der Waals surface area contributed by atoms with E-state index in [4.69, 9.17) is 0 Å². The fraction of sp³-hybridized carbons (Fsp3) is 0.550. The normalized spacial score (nSPS) is 30.0. The monoisotopic (exact) mass is 482 g/mol. The highest BCUT2D eigenvalue weighted by Crippen LogP contribution is 2.48. The quantitative estimate of drug-likeness (QED) is 0.654. The number of thioether (sulfide) groups is 2. The van der Waals surface area contributed by atoms with Gasteiger partial charge in [-0.3, -0.25) is 14.5 Å². The second-order valence-corrected chi connectivity index (χ2v) is 13.4. The maximum absolute atomic E-state index is 13.5. The number of aliphatic imine (C=N–C) groups is 1. The highest BCUT2D eigenvalue weighted by Gasteiger charge is 2.54. The van der Waals surface area contributed by atoms with Crippen LogP contribution < -0.4 is 0 Å². The van der Waals surface area contributed by atoms with Crippen molar-refractivity contribution in [3.05, 3.63) is 24.3 Å². The molecule has 8 nitrogen and oxygen atoms in total. The van der Waals surface area contributed by atoms with Crippen molar-refractivity contribution in [3.8, 4) is 0 Å². The molecule has 4 rings (SSSR count). The number of hydrogen-bond acceptors (Lipinski definition) is 7. The van der Waals surface area contributed by atoms with Gasteiger partial charge >= 0.3 is 0 Å². The predicted molar refractivity (Wildman–Crippen MR) is 124 cm³/mol. The van der Waals surface area contributed by atoms with Crippen LogP contribution in [0.1, 0.15) is 26.7 Å². The van der Waals surface area contributed by atoms with E-state index in [-0.39, 0.29) is 26.8 Å².